The van der Waals surface area contributed by atoms with Crippen LogP contribution in [0.3, 0.4) is 0 Å². The zero-order chi connectivity index (χ0) is 25.1. The van der Waals surface area contributed by atoms with E-state index in [9.17, 15) is 14.7 Å². The number of aliphatic carboxylic acids is 1. The number of carbonyl (C=O) groups excluding carboxylic acids is 2. The molecule has 0 aliphatic carbocycles. The Morgan fingerprint density at radius 2 is 1.51 bits per heavy atom. The molecule has 0 N–H and O–H groups in total. The predicted octanol–water partition coefficient (Wildman–Crippen LogP) is 4.86. The summed E-state index contributed by atoms with van der Waals surface area (Å²) in [6, 6.07) is 18.8. The molecule has 0 spiro atoms. The monoisotopic (exact) mass is 485 g/mol. The number of amides is 1. The van der Waals surface area contributed by atoms with E-state index in [0.29, 0.717) is 15.8 Å². The molecule has 0 saturated carbocycles. The van der Waals surface area contributed by atoms with Crippen molar-refractivity contribution in [3.8, 4) is 5.75 Å². The third-order valence-electron chi connectivity index (χ3n) is 5.65. The Morgan fingerprint density at radius 1 is 0.943 bits per heavy atom. The lowest BCUT2D eigenvalue weighted by atomic mass is 10.1. The molecule has 1 amide bonds. The molecule has 6 nitrogen and oxygen atoms in total. The van der Waals surface area contributed by atoms with E-state index in [1.807, 2.05) is 70.2 Å². The molecule has 35 heavy (non-hydrogen) atoms. The fourth-order valence-corrected chi connectivity index (χ4v) is 4.91. The van der Waals surface area contributed by atoms with Gasteiger partial charge in [0, 0.05) is 0 Å². The Kier molecular flexibility index (Phi) is 7.07. The van der Waals surface area contributed by atoms with E-state index in [0.717, 1.165) is 39.2 Å². The highest BCUT2D eigenvalue weighted by molar-refractivity contribution is 8.19. The van der Waals surface area contributed by atoms with Crippen LogP contribution in [0.1, 0.15) is 27.8 Å². The van der Waals surface area contributed by atoms with Crippen LogP contribution in [-0.4, -0.2) is 23.7 Å². The molecule has 3 aromatic rings. The summed E-state index contributed by atoms with van der Waals surface area (Å²) in [5.74, 6) is -1.02. The normalized spacial score (nSPS) is 15.8. The number of aryl methyl sites for hydroxylation is 4. The van der Waals surface area contributed by atoms with Crippen molar-refractivity contribution in [3.05, 3.63) is 93.4 Å². The Morgan fingerprint density at radius 3 is 2.09 bits per heavy atom. The number of nitrogens with zero attached hydrogens (tertiary/aromatic N) is 2. The van der Waals surface area contributed by atoms with Crippen molar-refractivity contribution in [3.63, 3.8) is 0 Å². The van der Waals surface area contributed by atoms with Crippen molar-refractivity contribution >= 4 is 46.3 Å². The van der Waals surface area contributed by atoms with Crippen molar-refractivity contribution in [1.29, 1.82) is 0 Å². The van der Waals surface area contributed by atoms with Crippen LogP contribution >= 0.6 is 11.8 Å². The first kappa shape index (κ1) is 24.3. The highest BCUT2D eigenvalue weighted by atomic mass is 32.2. The van der Waals surface area contributed by atoms with Crippen LogP contribution in [0.5, 0.6) is 5.75 Å². The number of ether oxygens (including phenoxy) is 1. The van der Waals surface area contributed by atoms with Crippen molar-refractivity contribution < 1.29 is 19.4 Å². The summed E-state index contributed by atoms with van der Waals surface area (Å²) < 4.78 is 5.14. The molecule has 0 aromatic heterocycles. The Labute approximate surface area is 209 Å². The summed E-state index contributed by atoms with van der Waals surface area (Å²) in [4.78, 5) is 31.5. The minimum absolute atomic E-state index is 0.144. The molecular weight excluding hydrogens is 460 g/mol. The van der Waals surface area contributed by atoms with Gasteiger partial charge in [-0.2, -0.15) is 0 Å². The minimum atomic E-state index is -1.29. The van der Waals surface area contributed by atoms with E-state index in [2.05, 4.69) is 0 Å². The van der Waals surface area contributed by atoms with Gasteiger partial charge in [-0.25, -0.2) is 4.99 Å². The van der Waals surface area contributed by atoms with E-state index >= 15 is 0 Å². The van der Waals surface area contributed by atoms with Crippen LogP contribution in [0.4, 0.5) is 11.4 Å². The van der Waals surface area contributed by atoms with Crippen molar-refractivity contribution in [1.82, 2.24) is 0 Å². The third-order valence-corrected chi connectivity index (χ3v) is 6.62. The Hall–Kier alpha value is -3.84. The summed E-state index contributed by atoms with van der Waals surface area (Å²) in [7, 11) is 0. The van der Waals surface area contributed by atoms with Gasteiger partial charge in [-0.05, 0) is 85.5 Å². The number of aliphatic imine (C=N–C) groups is 1. The molecule has 1 aliphatic heterocycles. The Bertz CT molecular complexity index is 1320. The van der Waals surface area contributed by atoms with E-state index in [-0.39, 0.29) is 5.91 Å². The first-order chi connectivity index (χ1) is 16.7. The molecular formula is C28H25N2O4S-. The molecule has 0 radical (unpaired) electrons. The van der Waals surface area contributed by atoms with Gasteiger partial charge in [0.25, 0.3) is 5.91 Å². The molecule has 0 unspecified atom stereocenters. The van der Waals surface area contributed by atoms with Gasteiger partial charge in [0.05, 0.1) is 22.2 Å². The van der Waals surface area contributed by atoms with E-state index in [1.165, 1.54) is 11.8 Å². The molecule has 3 aromatic carbocycles. The number of thioether (sulfide) groups is 1. The summed E-state index contributed by atoms with van der Waals surface area (Å²) in [6.07, 6.45) is 1.81. The van der Waals surface area contributed by atoms with Crippen LogP contribution < -0.4 is 14.7 Å². The highest BCUT2D eigenvalue weighted by Crippen LogP contribution is 2.40. The van der Waals surface area contributed by atoms with Crippen LogP contribution in [0.15, 0.2) is 70.6 Å². The number of carboxylic acids is 1. The van der Waals surface area contributed by atoms with Gasteiger partial charge in [-0.3, -0.25) is 9.69 Å². The van der Waals surface area contributed by atoms with Gasteiger partial charge < -0.3 is 14.6 Å². The molecule has 7 heteroatoms. The number of hydrogen-bond acceptors (Lipinski definition) is 6. The highest BCUT2D eigenvalue weighted by Gasteiger charge is 2.36. The third kappa shape index (κ3) is 5.30. The van der Waals surface area contributed by atoms with Gasteiger partial charge in [-0.15, -0.1) is 0 Å². The largest absolute Gasteiger partial charge is 0.546 e. The minimum Gasteiger partial charge on any atom is -0.546 e. The van der Waals surface area contributed by atoms with Gasteiger partial charge >= 0.3 is 0 Å². The maximum atomic E-state index is 13.7. The average molecular weight is 486 g/mol. The number of carboxylic acid groups (broad SMARTS) is 1. The van der Waals surface area contributed by atoms with Crippen LogP contribution in [0, 0.1) is 27.7 Å². The van der Waals surface area contributed by atoms with E-state index in [4.69, 9.17) is 9.73 Å². The maximum Gasteiger partial charge on any atom is 0.271 e. The van der Waals surface area contributed by atoms with Crippen LogP contribution in [0.2, 0.25) is 0 Å². The van der Waals surface area contributed by atoms with E-state index < -0.39 is 12.6 Å². The number of anilines is 1. The van der Waals surface area contributed by atoms with Crippen molar-refractivity contribution in [2.24, 2.45) is 4.99 Å². The molecule has 178 valence electrons. The number of para-hydroxylation sites is 2. The predicted molar refractivity (Wildman–Crippen MR) is 139 cm³/mol. The first-order valence-corrected chi connectivity index (χ1v) is 11.9. The molecule has 1 fully saturated rings. The smallest absolute Gasteiger partial charge is 0.271 e. The standard InChI is InChI=1S/C28H26N2O4S/c1-17-7-5-8-18(2)25(17)29-28-30(26-19(3)9-6-10-20(26)4)27(33)23(35-28)15-21-11-13-22(14-12-21)34-16-24(31)32/h5-15H,16H2,1-4H3,(H,31,32)/p-1/b23-15-,29-28?. The van der Waals surface area contributed by atoms with Gasteiger partial charge in [-0.1, -0.05) is 48.5 Å². The molecule has 0 bridgehead atoms. The SMILES string of the molecule is Cc1cccc(C)c1N=C1S/C(=C\c2ccc(OCC(=O)[O-])cc2)C(=O)N1c1c(C)cccc1C. The topological polar surface area (TPSA) is 82.0 Å². The summed E-state index contributed by atoms with van der Waals surface area (Å²) >= 11 is 1.33. The lowest BCUT2D eigenvalue weighted by molar-refractivity contribution is -0.307. The molecule has 0 atom stereocenters. The number of amidine groups is 1. The number of carbonyl (C=O) groups is 2. The van der Waals surface area contributed by atoms with E-state index in [1.54, 1.807) is 29.2 Å². The van der Waals surface area contributed by atoms with Gasteiger partial charge in [0.15, 0.2) is 5.17 Å². The Balaban J connectivity index is 1.75. The van der Waals surface area contributed by atoms with Crippen LogP contribution in [-0.2, 0) is 9.59 Å². The second-order valence-electron chi connectivity index (χ2n) is 8.36. The fraction of sp³-hybridized carbons (Fsp3) is 0.179. The molecule has 4 rings (SSSR count). The zero-order valence-corrected chi connectivity index (χ0v) is 20.8. The first-order valence-electron chi connectivity index (χ1n) is 11.1. The quantitative estimate of drug-likeness (QED) is 0.466. The van der Waals surface area contributed by atoms with Gasteiger partial charge in [0.2, 0.25) is 0 Å². The van der Waals surface area contributed by atoms with Crippen LogP contribution in [0.25, 0.3) is 6.08 Å². The average Bonchev–Trinajstić information content (AvgIpc) is 3.10. The number of rotatable bonds is 6. The van der Waals surface area contributed by atoms with Crippen molar-refractivity contribution in [2.75, 3.05) is 11.5 Å². The second-order valence-corrected chi connectivity index (χ2v) is 9.37. The summed E-state index contributed by atoms with van der Waals surface area (Å²) in [5, 5.41) is 11.2. The summed E-state index contributed by atoms with van der Waals surface area (Å²) in [5.41, 5.74) is 6.54. The lowest BCUT2D eigenvalue weighted by Gasteiger charge is -2.21. The second kappa shape index (κ2) is 10.2. The van der Waals surface area contributed by atoms with Gasteiger partial charge in [0.1, 0.15) is 12.4 Å². The zero-order valence-electron chi connectivity index (χ0n) is 20.0. The fourth-order valence-electron chi connectivity index (χ4n) is 3.94. The molecule has 1 aliphatic rings. The van der Waals surface area contributed by atoms with Crippen molar-refractivity contribution in [2.45, 2.75) is 27.7 Å². The lowest BCUT2D eigenvalue weighted by Crippen LogP contribution is -2.30. The number of benzene rings is 3. The summed E-state index contributed by atoms with van der Waals surface area (Å²) in [6.45, 7) is 7.49. The molecule has 1 heterocycles. The molecule has 1 saturated heterocycles. The maximum absolute atomic E-state index is 13.7. The number of hydrogen-bond donors (Lipinski definition) is 0.